The third-order valence-electron chi connectivity index (χ3n) is 5.33. The SMILES string of the molecule is CCCc1nc(C)cc(N2CC[C@](Cc3ccccc3)(C(=O)O)[C@H](O)C2)n1. The molecular weight excluding hydrogens is 342 g/mol. The number of hydrogen-bond acceptors (Lipinski definition) is 5. The number of hydrogen-bond donors (Lipinski definition) is 2. The van der Waals surface area contributed by atoms with E-state index in [4.69, 9.17) is 0 Å². The fourth-order valence-electron chi connectivity index (χ4n) is 3.78. The fraction of sp³-hybridized carbons (Fsp3) is 0.476. The third kappa shape index (κ3) is 4.11. The van der Waals surface area contributed by atoms with Crippen LogP contribution in [0.5, 0.6) is 0 Å². The maximum atomic E-state index is 12.1. The van der Waals surface area contributed by atoms with Crippen molar-refractivity contribution in [3.8, 4) is 0 Å². The molecule has 0 spiro atoms. The highest BCUT2D eigenvalue weighted by molar-refractivity contribution is 5.76. The number of piperidine rings is 1. The van der Waals surface area contributed by atoms with Gasteiger partial charge in [0.25, 0.3) is 0 Å². The van der Waals surface area contributed by atoms with Gasteiger partial charge in [0.05, 0.1) is 6.10 Å². The second-order valence-electron chi connectivity index (χ2n) is 7.37. The number of carboxylic acid groups (broad SMARTS) is 1. The topological polar surface area (TPSA) is 86.6 Å². The van der Waals surface area contributed by atoms with Crippen LogP contribution < -0.4 is 4.90 Å². The monoisotopic (exact) mass is 369 g/mol. The van der Waals surface area contributed by atoms with Gasteiger partial charge < -0.3 is 15.1 Å². The lowest BCUT2D eigenvalue weighted by atomic mass is 9.71. The molecule has 0 unspecified atom stereocenters. The summed E-state index contributed by atoms with van der Waals surface area (Å²) in [6.45, 7) is 4.81. The fourth-order valence-corrected chi connectivity index (χ4v) is 3.78. The summed E-state index contributed by atoms with van der Waals surface area (Å²) in [5.74, 6) is 0.620. The Morgan fingerprint density at radius 3 is 2.67 bits per heavy atom. The lowest BCUT2D eigenvalue weighted by molar-refractivity contribution is -0.158. The van der Waals surface area contributed by atoms with Gasteiger partial charge in [0, 0.05) is 31.3 Å². The van der Waals surface area contributed by atoms with Crippen molar-refractivity contribution in [1.82, 2.24) is 9.97 Å². The van der Waals surface area contributed by atoms with Gasteiger partial charge in [-0.1, -0.05) is 37.3 Å². The first kappa shape index (κ1) is 19.3. The van der Waals surface area contributed by atoms with Gasteiger partial charge in [0.15, 0.2) is 0 Å². The van der Waals surface area contributed by atoms with Gasteiger partial charge in [-0.15, -0.1) is 0 Å². The van der Waals surface area contributed by atoms with E-state index in [0.717, 1.165) is 35.7 Å². The van der Waals surface area contributed by atoms with Crippen LogP contribution in [0.4, 0.5) is 5.82 Å². The van der Waals surface area contributed by atoms with Crippen molar-refractivity contribution < 1.29 is 15.0 Å². The molecule has 0 amide bonds. The average Bonchev–Trinajstić information content (AvgIpc) is 2.64. The van der Waals surface area contributed by atoms with Crippen molar-refractivity contribution in [3.63, 3.8) is 0 Å². The first-order chi connectivity index (χ1) is 12.9. The number of carboxylic acids is 1. The molecule has 2 atom stereocenters. The van der Waals surface area contributed by atoms with Gasteiger partial charge in [-0.3, -0.25) is 4.79 Å². The van der Waals surface area contributed by atoms with E-state index >= 15 is 0 Å². The summed E-state index contributed by atoms with van der Waals surface area (Å²) in [6, 6.07) is 11.4. The second kappa shape index (κ2) is 8.05. The molecule has 1 aromatic carbocycles. The number of anilines is 1. The van der Waals surface area contributed by atoms with E-state index in [1.54, 1.807) is 0 Å². The number of rotatable bonds is 6. The third-order valence-corrected chi connectivity index (χ3v) is 5.33. The standard InChI is InChI=1S/C21H27N3O3/c1-3-7-18-22-15(2)12-19(23-18)24-11-10-21(20(26)27,17(25)14-24)13-16-8-5-4-6-9-16/h4-6,8-9,12,17,25H,3,7,10-11,13-14H2,1-2H3,(H,26,27)/t17-,21-/m1/s1. The number of β-amino-alcohol motifs (C(OH)–C–C–N with tert-alkyl or cyclic N) is 1. The molecule has 6 heteroatoms. The molecule has 6 nitrogen and oxygen atoms in total. The van der Waals surface area contributed by atoms with Crippen LogP contribution in [0.2, 0.25) is 0 Å². The molecule has 1 aliphatic rings. The summed E-state index contributed by atoms with van der Waals surface area (Å²) in [7, 11) is 0. The Hall–Kier alpha value is -2.47. The summed E-state index contributed by atoms with van der Waals surface area (Å²) < 4.78 is 0. The number of benzene rings is 1. The van der Waals surface area contributed by atoms with E-state index in [0.29, 0.717) is 19.4 Å². The smallest absolute Gasteiger partial charge is 0.312 e. The second-order valence-corrected chi connectivity index (χ2v) is 7.37. The zero-order chi connectivity index (χ0) is 19.4. The number of aliphatic carboxylic acids is 1. The normalized spacial score (nSPS) is 22.6. The molecule has 0 aliphatic carbocycles. The zero-order valence-electron chi connectivity index (χ0n) is 15.9. The zero-order valence-corrected chi connectivity index (χ0v) is 15.9. The highest BCUT2D eigenvalue weighted by Crippen LogP contribution is 2.37. The highest BCUT2D eigenvalue weighted by Gasteiger charge is 2.48. The molecule has 27 heavy (non-hydrogen) atoms. The Balaban J connectivity index is 1.82. The Bertz CT molecular complexity index is 797. The molecule has 1 saturated heterocycles. The van der Waals surface area contributed by atoms with Crippen molar-refractivity contribution in [1.29, 1.82) is 0 Å². The van der Waals surface area contributed by atoms with E-state index in [1.807, 2.05) is 48.2 Å². The maximum Gasteiger partial charge on any atom is 0.312 e. The number of nitrogens with zero attached hydrogens (tertiary/aromatic N) is 3. The molecule has 2 aromatic rings. The molecule has 1 fully saturated rings. The minimum Gasteiger partial charge on any atom is -0.481 e. The molecular formula is C21H27N3O3. The number of aliphatic hydroxyl groups is 1. The van der Waals surface area contributed by atoms with Crippen LogP contribution in [0.1, 0.15) is 36.8 Å². The Morgan fingerprint density at radius 1 is 1.30 bits per heavy atom. The Morgan fingerprint density at radius 2 is 2.04 bits per heavy atom. The number of aromatic nitrogens is 2. The quantitative estimate of drug-likeness (QED) is 0.814. The molecule has 2 N–H and O–H groups in total. The van der Waals surface area contributed by atoms with Gasteiger partial charge in [-0.2, -0.15) is 0 Å². The van der Waals surface area contributed by atoms with E-state index < -0.39 is 17.5 Å². The summed E-state index contributed by atoms with van der Waals surface area (Å²) in [5, 5.41) is 20.8. The maximum absolute atomic E-state index is 12.1. The molecule has 1 aliphatic heterocycles. The Kier molecular flexibility index (Phi) is 5.75. The molecule has 0 bridgehead atoms. The number of carbonyl (C=O) groups is 1. The van der Waals surface area contributed by atoms with Crippen LogP contribution in [0.3, 0.4) is 0 Å². The van der Waals surface area contributed by atoms with Crippen LogP contribution >= 0.6 is 0 Å². The number of aryl methyl sites for hydroxylation is 2. The van der Waals surface area contributed by atoms with Gasteiger partial charge in [-0.05, 0) is 31.7 Å². The van der Waals surface area contributed by atoms with Crippen molar-refractivity contribution in [3.05, 3.63) is 53.5 Å². The van der Waals surface area contributed by atoms with Crippen molar-refractivity contribution in [2.45, 2.75) is 45.6 Å². The van der Waals surface area contributed by atoms with Gasteiger partial charge in [0.2, 0.25) is 0 Å². The largest absolute Gasteiger partial charge is 0.481 e. The first-order valence-corrected chi connectivity index (χ1v) is 9.49. The van der Waals surface area contributed by atoms with E-state index in [1.165, 1.54) is 0 Å². The van der Waals surface area contributed by atoms with E-state index in [2.05, 4.69) is 16.9 Å². The predicted octanol–water partition coefficient (Wildman–Crippen LogP) is 2.62. The van der Waals surface area contributed by atoms with Crippen LogP contribution in [0, 0.1) is 12.3 Å². The molecule has 144 valence electrons. The molecule has 1 aromatic heterocycles. The highest BCUT2D eigenvalue weighted by atomic mass is 16.4. The number of aliphatic hydroxyl groups excluding tert-OH is 1. The predicted molar refractivity (Wildman–Crippen MR) is 104 cm³/mol. The van der Waals surface area contributed by atoms with Crippen molar-refractivity contribution in [2.75, 3.05) is 18.0 Å². The first-order valence-electron chi connectivity index (χ1n) is 9.49. The summed E-state index contributed by atoms with van der Waals surface area (Å²) in [4.78, 5) is 23.2. The Labute approximate surface area is 159 Å². The van der Waals surface area contributed by atoms with Crippen LogP contribution in [0.15, 0.2) is 36.4 Å². The summed E-state index contributed by atoms with van der Waals surface area (Å²) in [6.07, 6.45) is 1.48. The lowest BCUT2D eigenvalue weighted by Gasteiger charge is -2.43. The molecule has 3 rings (SSSR count). The van der Waals surface area contributed by atoms with Gasteiger partial charge in [0.1, 0.15) is 17.1 Å². The van der Waals surface area contributed by atoms with Gasteiger partial charge in [-0.25, -0.2) is 9.97 Å². The van der Waals surface area contributed by atoms with E-state index in [9.17, 15) is 15.0 Å². The van der Waals surface area contributed by atoms with E-state index in [-0.39, 0.29) is 6.54 Å². The summed E-state index contributed by atoms with van der Waals surface area (Å²) >= 11 is 0. The van der Waals surface area contributed by atoms with Gasteiger partial charge >= 0.3 is 5.97 Å². The van der Waals surface area contributed by atoms with Crippen molar-refractivity contribution >= 4 is 11.8 Å². The molecule has 2 heterocycles. The lowest BCUT2D eigenvalue weighted by Crippen LogP contribution is -2.56. The summed E-state index contributed by atoms with van der Waals surface area (Å²) in [5.41, 5.74) is 0.638. The minimum absolute atomic E-state index is 0.251. The van der Waals surface area contributed by atoms with Crippen LogP contribution in [-0.4, -0.2) is 45.3 Å². The van der Waals surface area contributed by atoms with Crippen molar-refractivity contribution in [2.24, 2.45) is 5.41 Å². The van der Waals surface area contributed by atoms with Crippen LogP contribution in [-0.2, 0) is 17.6 Å². The molecule has 0 radical (unpaired) electrons. The van der Waals surface area contributed by atoms with Crippen LogP contribution in [0.25, 0.3) is 0 Å². The molecule has 0 saturated carbocycles. The average molecular weight is 369 g/mol. The minimum atomic E-state index is -1.17.